The van der Waals surface area contributed by atoms with Gasteiger partial charge in [-0.25, -0.2) is 0 Å². The van der Waals surface area contributed by atoms with Crippen molar-refractivity contribution in [2.24, 2.45) is 0 Å². The zero-order valence-electron chi connectivity index (χ0n) is 17.8. The maximum absolute atomic E-state index is 3.72. The molecule has 0 unspecified atom stereocenters. The van der Waals surface area contributed by atoms with Gasteiger partial charge in [-0.05, 0) is 58.4 Å². The second-order valence-corrected chi connectivity index (χ2v) is 9.76. The van der Waals surface area contributed by atoms with Crippen molar-refractivity contribution in [1.82, 2.24) is 0 Å². The summed E-state index contributed by atoms with van der Waals surface area (Å²) in [6.07, 6.45) is 0. The van der Waals surface area contributed by atoms with E-state index in [0.29, 0.717) is 0 Å². The van der Waals surface area contributed by atoms with Crippen molar-refractivity contribution in [1.29, 1.82) is 0 Å². The van der Waals surface area contributed by atoms with Crippen LogP contribution in [0.25, 0.3) is 0 Å². The Morgan fingerprint density at radius 2 is 1.07 bits per heavy atom. The lowest BCUT2D eigenvalue weighted by Gasteiger charge is -2.36. The number of nitrogens with one attached hydrogen (secondary N) is 1. The van der Waals surface area contributed by atoms with Crippen LogP contribution in [0.2, 0.25) is 0 Å². The number of hydrogen-bond acceptors (Lipinski definition) is 2. The monoisotopic (exact) mass is 370 g/mol. The van der Waals surface area contributed by atoms with Crippen LogP contribution in [0.4, 0.5) is 28.4 Å². The van der Waals surface area contributed by atoms with Gasteiger partial charge in [-0.15, -0.1) is 0 Å². The SMILES string of the molecule is CC(C)(C)c1ccc2c(c1)Nc1cc(C(C)(C)C)ccc1N2c1ccccc1. The summed E-state index contributed by atoms with van der Waals surface area (Å²) in [6, 6.07) is 24.2. The van der Waals surface area contributed by atoms with Crippen molar-refractivity contribution in [2.45, 2.75) is 52.4 Å². The summed E-state index contributed by atoms with van der Waals surface area (Å²) in [7, 11) is 0. The molecule has 4 rings (SSSR count). The molecular formula is C26H30N2. The van der Waals surface area contributed by atoms with Crippen molar-refractivity contribution < 1.29 is 0 Å². The number of para-hydroxylation sites is 1. The summed E-state index contributed by atoms with van der Waals surface area (Å²) in [6.45, 7) is 13.6. The van der Waals surface area contributed by atoms with Gasteiger partial charge in [0.1, 0.15) is 0 Å². The molecule has 0 bridgehead atoms. The molecule has 0 atom stereocenters. The van der Waals surface area contributed by atoms with Crippen molar-refractivity contribution in [3.63, 3.8) is 0 Å². The fourth-order valence-electron chi connectivity index (χ4n) is 3.73. The maximum Gasteiger partial charge on any atom is 0.0697 e. The summed E-state index contributed by atoms with van der Waals surface area (Å²) in [4.78, 5) is 2.36. The fourth-order valence-corrected chi connectivity index (χ4v) is 3.73. The topological polar surface area (TPSA) is 15.3 Å². The van der Waals surface area contributed by atoms with Crippen molar-refractivity contribution in [3.05, 3.63) is 77.9 Å². The van der Waals surface area contributed by atoms with E-state index in [-0.39, 0.29) is 10.8 Å². The Bertz CT molecular complexity index is 941. The first kappa shape index (κ1) is 18.6. The average Bonchev–Trinajstić information content (AvgIpc) is 2.64. The highest BCUT2D eigenvalue weighted by Gasteiger charge is 2.27. The van der Waals surface area contributed by atoms with Crippen molar-refractivity contribution in [3.8, 4) is 0 Å². The van der Waals surface area contributed by atoms with E-state index in [0.717, 1.165) is 11.4 Å². The van der Waals surface area contributed by atoms with Crippen LogP contribution in [0.15, 0.2) is 66.7 Å². The molecule has 0 fully saturated rings. The first-order chi connectivity index (χ1) is 13.1. The van der Waals surface area contributed by atoms with Crippen LogP contribution in [0.5, 0.6) is 0 Å². The number of anilines is 5. The second-order valence-electron chi connectivity index (χ2n) is 9.76. The number of nitrogens with zero attached hydrogens (tertiary/aromatic N) is 1. The highest BCUT2D eigenvalue weighted by atomic mass is 15.2. The molecule has 0 radical (unpaired) electrons. The zero-order valence-corrected chi connectivity index (χ0v) is 17.8. The summed E-state index contributed by atoms with van der Waals surface area (Å²) in [5.74, 6) is 0. The Balaban J connectivity index is 1.92. The first-order valence-electron chi connectivity index (χ1n) is 10.1. The van der Waals surface area contributed by atoms with Gasteiger partial charge >= 0.3 is 0 Å². The molecule has 0 saturated carbocycles. The molecule has 2 nitrogen and oxygen atoms in total. The summed E-state index contributed by atoms with van der Waals surface area (Å²) in [5.41, 5.74) is 8.78. The van der Waals surface area contributed by atoms with E-state index < -0.39 is 0 Å². The Hall–Kier alpha value is -2.74. The molecule has 28 heavy (non-hydrogen) atoms. The Morgan fingerprint density at radius 1 is 0.607 bits per heavy atom. The van der Waals surface area contributed by atoms with Gasteiger partial charge in [0.15, 0.2) is 0 Å². The molecule has 2 heteroatoms. The Kier molecular flexibility index (Phi) is 4.26. The van der Waals surface area contributed by atoms with Gasteiger partial charge in [-0.2, -0.15) is 0 Å². The van der Waals surface area contributed by atoms with Crippen molar-refractivity contribution in [2.75, 3.05) is 10.2 Å². The van der Waals surface area contributed by atoms with E-state index in [2.05, 4.69) is 118 Å². The van der Waals surface area contributed by atoms with Gasteiger partial charge in [0.25, 0.3) is 0 Å². The van der Waals surface area contributed by atoms with Crippen molar-refractivity contribution >= 4 is 28.4 Å². The third kappa shape index (κ3) is 3.28. The molecule has 144 valence electrons. The molecule has 0 saturated heterocycles. The minimum absolute atomic E-state index is 0.113. The normalized spacial score (nSPS) is 13.6. The van der Waals surface area contributed by atoms with Crippen LogP contribution in [-0.2, 0) is 10.8 Å². The van der Waals surface area contributed by atoms with Gasteiger partial charge in [-0.1, -0.05) is 71.9 Å². The smallest absolute Gasteiger partial charge is 0.0697 e. The Morgan fingerprint density at radius 3 is 1.50 bits per heavy atom. The minimum atomic E-state index is 0.113. The van der Waals surface area contributed by atoms with Crippen LogP contribution in [-0.4, -0.2) is 0 Å². The van der Waals surface area contributed by atoms with E-state index in [1.165, 1.54) is 28.2 Å². The predicted octanol–water partition coefficient (Wildman–Crippen LogP) is 7.81. The number of hydrogen-bond donors (Lipinski definition) is 1. The van der Waals surface area contributed by atoms with Crippen LogP contribution < -0.4 is 10.2 Å². The molecule has 0 aromatic heterocycles. The third-order valence-corrected chi connectivity index (χ3v) is 5.49. The summed E-state index contributed by atoms with van der Waals surface area (Å²) < 4.78 is 0. The second kappa shape index (κ2) is 6.41. The van der Waals surface area contributed by atoms with E-state index in [1.54, 1.807) is 0 Å². The zero-order chi connectivity index (χ0) is 20.1. The lowest BCUT2D eigenvalue weighted by molar-refractivity contribution is 0.590. The fraction of sp³-hybridized carbons (Fsp3) is 0.308. The van der Waals surface area contributed by atoms with E-state index >= 15 is 0 Å². The van der Waals surface area contributed by atoms with E-state index in [1.807, 2.05) is 0 Å². The molecular weight excluding hydrogens is 340 g/mol. The van der Waals surface area contributed by atoms with Gasteiger partial charge < -0.3 is 10.2 Å². The summed E-state index contributed by atoms with van der Waals surface area (Å²) in [5, 5.41) is 3.72. The highest BCUT2D eigenvalue weighted by molar-refractivity contribution is 5.97. The Labute approximate surface area is 169 Å². The van der Waals surface area contributed by atoms with Gasteiger partial charge in [0.2, 0.25) is 0 Å². The quantitative estimate of drug-likeness (QED) is 0.367. The standard InChI is InChI=1S/C26H30N2/c1-25(2,3)18-12-14-23-21(16-18)27-22-17-19(26(4,5)6)13-15-24(22)28(23)20-10-8-7-9-11-20/h7-17,27H,1-6H3. The van der Waals surface area contributed by atoms with Crippen LogP contribution in [0, 0.1) is 0 Å². The number of benzene rings is 3. The van der Waals surface area contributed by atoms with Crippen LogP contribution in [0.1, 0.15) is 52.7 Å². The molecule has 1 N–H and O–H groups in total. The maximum atomic E-state index is 3.72. The van der Waals surface area contributed by atoms with Crippen LogP contribution in [0.3, 0.4) is 0 Å². The largest absolute Gasteiger partial charge is 0.352 e. The lowest BCUT2D eigenvalue weighted by atomic mass is 9.85. The number of rotatable bonds is 1. The third-order valence-electron chi connectivity index (χ3n) is 5.49. The highest BCUT2D eigenvalue weighted by Crippen LogP contribution is 2.49. The van der Waals surface area contributed by atoms with Crippen LogP contribution >= 0.6 is 0 Å². The lowest BCUT2D eigenvalue weighted by Crippen LogP contribution is -2.20. The van der Waals surface area contributed by atoms with Gasteiger partial charge in [0.05, 0.1) is 22.7 Å². The molecule has 1 aliphatic heterocycles. The predicted molar refractivity (Wildman–Crippen MR) is 122 cm³/mol. The molecule has 3 aromatic carbocycles. The number of fused-ring (bicyclic) bond motifs is 2. The molecule has 3 aromatic rings. The van der Waals surface area contributed by atoms with E-state index in [9.17, 15) is 0 Å². The molecule has 1 heterocycles. The molecule has 0 amide bonds. The minimum Gasteiger partial charge on any atom is -0.352 e. The van der Waals surface area contributed by atoms with Gasteiger partial charge in [-0.3, -0.25) is 0 Å². The summed E-state index contributed by atoms with van der Waals surface area (Å²) >= 11 is 0. The molecule has 0 aliphatic carbocycles. The van der Waals surface area contributed by atoms with Gasteiger partial charge in [0, 0.05) is 5.69 Å². The average molecular weight is 371 g/mol. The molecule has 0 spiro atoms. The van der Waals surface area contributed by atoms with E-state index in [4.69, 9.17) is 0 Å². The first-order valence-corrected chi connectivity index (χ1v) is 10.1. The molecule has 1 aliphatic rings.